The van der Waals surface area contributed by atoms with Gasteiger partial charge in [0.1, 0.15) is 5.65 Å². The number of amides is 3. The first kappa shape index (κ1) is 18.8. The van der Waals surface area contributed by atoms with Gasteiger partial charge in [-0.1, -0.05) is 0 Å². The summed E-state index contributed by atoms with van der Waals surface area (Å²) in [5, 5.41) is 13.9. The van der Waals surface area contributed by atoms with Crippen LogP contribution in [0.15, 0.2) is 16.9 Å². The molecule has 0 radical (unpaired) electrons. The van der Waals surface area contributed by atoms with E-state index >= 15 is 0 Å². The van der Waals surface area contributed by atoms with Crippen molar-refractivity contribution < 1.29 is 14.7 Å². The van der Waals surface area contributed by atoms with Gasteiger partial charge in [-0.2, -0.15) is 0 Å². The van der Waals surface area contributed by atoms with Crippen molar-refractivity contribution in [2.45, 2.75) is 25.3 Å². The highest BCUT2D eigenvalue weighted by Gasteiger charge is 2.30. The number of hydrazine groups is 1. The number of fused-ring (bicyclic) bond motifs is 1. The van der Waals surface area contributed by atoms with Crippen molar-refractivity contribution in [2.24, 2.45) is 5.84 Å². The first-order valence-electron chi connectivity index (χ1n) is 9.19. The molecule has 4 heterocycles. The second kappa shape index (κ2) is 7.47. The van der Waals surface area contributed by atoms with Gasteiger partial charge in [0.2, 0.25) is 0 Å². The number of H-pyrrole nitrogens is 1. The van der Waals surface area contributed by atoms with Crippen LogP contribution in [0.1, 0.15) is 19.3 Å². The summed E-state index contributed by atoms with van der Waals surface area (Å²) in [4.78, 5) is 35.0. The number of carboxylic acid groups (broad SMARTS) is 1. The Morgan fingerprint density at radius 1 is 1.36 bits per heavy atom. The number of carbonyl (C=O) groups excluding carboxylic acids is 1. The zero-order valence-corrected chi connectivity index (χ0v) is 16.8. The van der Waals surface area contributed by atoms with Crippen molar-refractivity contribution in [1.29, 1.82) is 0 Å². The highest BCUT2D eigenvalue weighted by molar-refractivity contribution is 9.10. The molecule has 0 spiro atoms. The summed E-state index contributed by atoms with van der Waals surface area (Å²) in [6.07, 6.45) is 4.83. The molecular weight excluding hydrogens is 430 g/mol. The Kier molecular flexibility index (Phi) is 5.02. The Hall–Kier alpha value is -2.53. The largest absolute Gasteiger partial charge is 0.464 e. The van der Waals surface area contributed by atoms with Crippen LogP contribution in [0.3, 0.4) is 0 Å². The lowest BCUT2D eigenvalue weighted by molar-refractivity contribution is 0.119. The number of aromatic nitrogens is 2. The van der Waals surface area contributed by atoms with Crippen LogP contribution in [0, 0.1) is 0 Å². The fraction of sp³-hybridized carbons (Fsp3) is 0.471. The van der Waals surface area contributed by atoms with Crippen LogP contribution in [-0.2, 0) is 0 Å². The summed E-state index contributed by atoms with van der Waals surface area (Å²) in [5.74, 6) is 5.73. The first-order valence-corrected chi connectivity index (χ1v) is 9.98. The van der Waals surface area contributed by atoms with Crippen molar-refractivity contribution in [1.82, 2.24) is 19.9 Å². The lowest BCUT2D eigenvalue weighted by Gasteiger charge is -2.38. The average molecular weight is 452 g/mol. The van der Waals surface area contributed by atoms with Gasteiger partial charge < -0.3 is 25.2 Å². The number of aromatic amines is 1. The van der Waals surface area contributed by atoms with Gasteiger partial charge >= 0.3 is 12.1 Å². The van der Waals surface area contributed by atoms with Crippen molar-refractivity contribution in [3.63, 3.8) is 0 Å². The van der Waals surface area contributed by atoms with Crippen molar-refractivity contribution >= 4 is 50.5 Å². The van der Waals surface area contributed by atoms with Gasteiger partial charge in [-0.15, -0.1) is 0 Å². The number of carbonyl (C=O) groups is 2. The van der Waals surface area contributed by atoms with Crippen LogP contribution in [0.2, 0.25) is 0 Å². The van der Waals surface area contributed by atoms with Gasteiger partial charge in [0.15, 0.2) is 0 Å². The number of halogens is 1. The van der Waals surface area contributed by atoms with Gasteiger partial charge in [-0.25, -0.2) is 25.4 Å². The molecule has 0 saturated carbocycles. The monoisotopic (exact) mass is 451 g/mol. The predicted molar refractivity (Wildman–Crippen MR) is 108 cm³/mol. The maximum absolute atomic E-state index is 12.4. The minimum absolute atomic E-state index is 0.131. The minimum Gasteiger partial charge on any atom is -0.464 e. The van der Waals surface area contributed by atoms with E-state index in [1.165, 1.54) is 0 Å². The van der Waals surface area contributed by atoms with E-state index in [1.54, 1.807) is 17.3 Å². The molecule has 2 aromatic heterocycles. The maximum atomic E-state index is 12.4. The lowest BCUT2D eigenvalue weighted by Crippen LogP contribution is -2.53. The summed E-state index contributed by atoms with van der Waals surface area (Å²) in [6, 6.07) is -0.437. The summed E-state index contributed by atoms with van der Waals surface area (Å²) >= 11 is 3.58. The second-order valence-corrected chi connectivity index (χ2v) is 7.94. The van der Waals surface area contributed by atoms with Gasteiger partial charge in [-0.05, 0) is 35.2 Å². The molecule has 0 unspecified atom stereocenters. The number of hydrogen-bond donors (Lipinski definition) is 4. The van der Waals surface area contributed by atoms with Gasteiger partial charge in [0, 0.05) is 38.6 Å². The molecule has 11 heteroatoms. The van der Waals surface area contributed by atoms with E-state index in [9.17, 15) is 14.7 Å². The molecule has 0 bridgehead atoms. The molecule has 0 aliphatic carbocycles. The number of nitrogens with two attached hydrogens (primary N) is 1. The maximum Gasteiger partial charge on any atom is 0.421 e. The van der Waals surface area contributed by atoms with Gasteiger partial charge in [0.05, 0.1) is 27.3 Å². The fourth-order valence-corrected chi connectivity index (χ4v) is 4.27. The van der Waals surface area contributed by atoms with Gasteiger partial charge in [0.25, 0.3) is 0 Å². The number of anilines is 2. The number of pyridine rings is 1. The minimum atomic E-state index is -1.14. The van der Waals surface area contributed by atoms with E-state index < -0.39 is 6.09 Å². The molecule has 3 amide bonds. The third-order valence-electron chi connectivity index (χ3n) is 5.34. The summed E-state index contributed by atoms with van der Waals surface area (Å²) in [7, 11) is 0. The Balaban J connectivity index is 1.67. The Morgan fingerprint density at radius 3 is 2.82 bits per heavy atom. The number of hydrogen-bond acceptors (Lipinski definition) is 5. The zero-order chi connectivity index (χ0) is 19.8. The molecule has 5 N–H and O–H groups in total. The highest BCUT2D eigenvalue weighted by Crippen LogP contribution is 2.39. The van der Waals surface area contributed by atoms with Crippen LogP contribution >= 0.6 is 15.9 Å². The molecule has 1 atom stereocenters. The molecular formula is C17H22BrN7O3. The third kappa shape index (κ3) is 3.35. The summed E-state index contributed by atoms with van der Waals surface area (Å²) in [5.41, 5.74) is 2.18. The van der Waals surface area contributed by atoms with E-state index in [4.69, 9.17) is 5.84 Å². The summed E-state index contributed by atoms with van der Waals surface area (Å²) < 4.78 is 0.776. The standard InChI is InChI=1S/C17H22BrN7O3/c18-11-7-20-15-13(12(8-21-15)22-16(26)23-5-2-6-23)14(11)24-4-1-3-10(9-24)25(19)17(27)28/h7-8,10H,1-6,9,19H2,(H,20,21)(H,22,26)(H,27,28)/t10-/m1/s1. The SMILES string of the molecule is NN(C(=O)O)[C@@H]1CCCN(c2c(Br)cnc3[nH]cc(NC(=O)N4CCC4)c23)C1. The number of urea groups is 1. The normalized spacial score (nSPS) is 19.4. The smallest absolute Gasteiger partial charge is 0.421 e. The molecule has 0 aromatic carbocycles. The molecule has 2 fully saturated rings. The molecule has 28 heavy (non-hydrogen) atoms. The Morgan fingerprint density at radius 2 is 2.14 bits per heavy atom. The van der Waals surface area contributed by atoms with Gasteiger partial charge in [-0.3, -0.25) is 0 Å². The third-order valence-corrected chi connectivity index (χ3v) is 5.92. The first-order chi connectivity index (χ1) is 13.5. The number of nitrogens with zero attached hydrogens (tertiary/aromatic N) is 4. The summed E-state index contributed by atoms with van der Waals surface area (Å²) in [6.45, 7) is 2.74. The molecule has 10 nitrogen and oxygen atoms in total. The number of piperidine rings is 1. The zero-order valence-electron chi connectivity index (χ0n) is 15.2. The van der Waals surface area contributed by atoms with E-state index in [0.29, 0.717) is 24.3 Å². The Labute approximate surface area is 169 Å². The topological polar surface area (TPSA) is 131 Å². The second-order valence-electron chi connectivity index (χ2n) is 7.08. The van der Waals surface area contributed by atoms with Crippen LogP contribution in [0.4, 0.5) is 21.0 Å². The molecule has 2 aliphatic heterocycles. The van der Waals surface area contributed by atoms with E-state index in [0.717, 1.165) is 53.0 Å². The van der Waals surface area contributed by atoms with Crippen LogP contribution in [-0.4, -0.2) is 69.3 Å². The van der Waals surface area contributed by atoms with E-state index in [-0.39, 0.29) is 12.1 Å². The van der Waals surface area contributed by atoms with Crippen molar-refractivity contribution in [2.75, 3.05) is 36.4 Å². The molecule has 2 aliphatic rings. The highest BCUT2D eigenvalue weighted by atomic mass is 79.9. The number of nitrogens with one attached hydrogen (secondary N) is 2. The molecule has 150 valence electrons. The van der Waals surface area contributed by atoms with E-state index in [1.807, 2.05) is 0 Å². The predicted octanol–water partition coefficient (Wildman–Crippen LogP) is 2.39. The van der Waals surface area contributed by atoms with Crippen LogP contribution in [0.25, 0.3) is 11.0 Å². The van der Waals surface area contributed by atoms with Crippen molar-refractivity contribution in [3.05, 3.63) is 16.9 Å². The Bertz CT molecular complexity index is 914. The number of likely N-dealkylation sites (tertiary alicyclic amines) is 1. The fourth-order valence-electron chi connectivity index (χ4n) is 3.72. The quantitative estimate of drug-likeness (QED) is 0.321. The van der Waals surface area contributed by atoms with E-state index in [2.05, 4.69) is 36.1 Å². The lowest BCUT2D eigenvalue weighted by atomic mass is 10.0. The molecule has 2 aromatic rings. The molecule has 2 saturated heterocycles. The average Bonchev–Trinajstić information content (AvgIpc) is 3.02. The van der Waals surface area contributed by atoms with Crippen LogP contribution in [0.5, 0.6) is 0 Å². The molecule has 4 rings (SSSR count). The number of rotatable bonds is 3. The van der Waals surface area contributed by atoms with Crippen molar-refractivity contribution in [3.8, 4) is 0 Å². The van der Waals surface area contributed by atoms with Crippen LogP contribution < -0.4 is 16.1 Å².